The minimum Gasteiger partial charge on any atom is -0.466 e. The Bertz CT molecular complexity index is 437. The molecule has 17 heavy (non-hydrogen) atoms. The summed E-state index contributed by atoms with van der Waals surface area (Å²) in [4.78, 5) is 22.5. The molecule has 0 amide bonds. The van der Waals surface area contributed by atoms with Gasteiger partial charge in [-0.3, -0.25) is 9.59 Å². The van der Waals surface area contributed by atoms with E-state index in [0.29, 0.717) is 0 Å². The van der Waals surface area contributed by atoms with Crippen LogP contribution in [-0.2, 0) is 9.53 Å². The quantitative estimate of drug-likeness (QED) is 0.488. The number of benzene rings is 1. The fourth-order valence-corrected chi connectivity index (χ4v) is 1.64. The second-order valence-corrected chi connectivity index (χ2v) is 4.07. The predicted molar refractivity (Wildman–Crippen MR) is 59.6 cm³/mol. The minimum atomic E-state index is -1.01. The Hall–Kier alpha value is -1.30. The maximum Gasteiger partial charge on any atom is 0.313 e. The van der Waals surface area contributed by atoms with Gasteiger partial charge in [-0.05, 0) is 19.1 Å². The number of ketones is 1. The highest BCUT2D eigenvalue weighted by Crippen LogP contribution is 2.20. The minimum absolute atomic E-state index is 0.109. The molecule has 1 aromatic rings. The molecule has 0 aliphatic heterocycles. The molecule has 0 heterocycles. The molecule has 0 N–H and O–H groups in total. The summed E-state index contributed by atoms with van der Waals surface area (Å²) in [6.07, 6.45) is -0.677. The molecule has 0 aliphatic rings. The highest BCUT2D eigenvalue weighted by molar-refractivity contribution is 9.10. The molecule has 0 saturated heterocycles. The number of carbonyl (C=O) groups excluding carboxylic acids is 2. The number of hydrogen-bond acceptors (Lipinski definition) is 3. The van der Waals surface area contributed by atoms with Crippen molar-refractivity contribution in [3.8, 4) is 0 Å². The summed E-state index contributed by atoms with van der Waals surface area (Å²) in [5, 5.41) is 0. The van der Waals surface area contributed by atoms with Crippen LogP contribution in [0.1, 0.15) is 23.7 Å². The van der Waals surface area contributed by atoms with Crippen molar-refractivity contribution in [1.29, 1.82) is 0 Å². The predicted octanol–water partition coefficient (Wildman–Crippen LogP) is 2.86. The van der Waals surface area contributed by atoms with Crippen LogP contribution in [0.3, 0.4) is 0 Å². The van der Waals surface area contributed by atoms with Crippen LogP contribution in [0, 0.1) is 11.6 Å². The van der Waals surface area contributed by atoms with Crippen molar-refractivity contribution in [2.24, 2.45) is 0 Å². The summed E-state index contributed by atoms with van der Waals surface area (Å²) in [7, 11) is 0. The molecule has 6 heteroatoms. The molecule has 0 bridgehead atoms. The first kappa shape index (κ1) is 13.8. The van der Waals surface area contributed by atoms with E-state index in [1.165, 1.54) is 0 Å². The summed E-state index contributed by atoms with van der Waals surface area (Å²) in [5.74, 6) is -3.76. The molecule has 0 aromatic heterocycles. The van der Waals surface area contributed by atoms with Crippen LogP contribution in [0.25, 0.3) is 0 Å². The number of carbonyl (C=O) groups is 2. The van der Waals surface area contributed by atoms with Gasteiger partial charge in [0.1, 0.15) is 18.1 Å². The molecule has 92 valence electrons. The Balaban J connectivity index is 2.93. The van der Waals surface area contributed by atoms with Gasteiger partial charge in [0.15, 0.2) is 5.78 Å². The van der Waals surface area contributed by atoms with Gasteiger partial charge >= 0.3 is 5.97 Å². The van der Waals surface area contributed by atoms with Crippen LogP contribution in [0.2, 0.25) is 0 Å². The first-order valence-electron chi connectivity index (χ1n) is 4.79. The van der Waals surface area contributed by atoms with Crippen molar-refractivity contribution in [3.05, 3.63) is 33.8 Å². The van der Waals surface area contributed by atoms with E-state index in [4.69, 9.17) is 0 Å². The number of rotatable bonds is 4. The van der Waals surface area contributed by atoms with E-state index >= 15 is 0 Å². The lowest BCUT2D eigenvalue weighted by Gasteiger charge is -2.05. The van der Waals surface area contributed by atoms with Crippen molar-refractivity contribution in [2.45, 2.75) is 13.3 Å². The number of ether oxygens (including phenoxy) is 1. The lowest BCUT2D eigenvalue weighted by molar-refractivity contribution is -0.141. The fourth-order valence-electron chi connectivity index (χ4n) is 1.24. The Morgan fingerprint density at radius 2 is 1.82 bits per heavy atom. The van der Waals surface area contributed by atoms with E-state index in [9.17, 15) is 18.4 Å². The normalized spacial score (nSPS) is 10.1. The van der Waals surface area contributed by atoms with Gasteiger partial charge in [0, 0.05) is 4.47 Å². The van der Waals surface area contributed by atoms with Crippen molar-refractivity contribution in [1.82, 2.24) is 0 Å². The fraction of sp³-hybridized carbons (Fsp3) is 0.273. The molecule has 0 aliphatic carbocycles. The summed E-state index contributed by atoms with van der Waals surface area (Å²) >= 11 is 2.89. The third-order valence-electron chi connectivity index (χ3n) is 1.90. The Morgan fingerprint density at radius 3 is 2.29 bits per heavy atom. The number of halogens is 3. The second kappa shape index (κ2) is 5.86. The van der Waals surface area contributed by atoms with Gasteiger partial charge in [-0.25, -0.2) is 8.78 Å². The number of Topliss-reactive ketones (excluding diaryl/α,β-unsaturated/α-hetero) is 1. The van der Waals surface area contributed by atoms with Crippen LogP contribution < -0.4 is 0 Å². The molecule has 0 saturated carbocycles. The van der Waals surface area contributed by atoms with E-state index in [1.54, 1.807) is 6.92 Å². The average Bonchev–Trinajstić information content (AvgIpc) is 2.15. The smallest absolute Gasteiger partial charge is 0.313 e. The van der Waals surface area contributed by atoms with Gasteiger partial charge in [0.2, 0.25) is 0 Å². The SMILES string of the molecule is CCOC(=O)CC(=O)c1c(F)cc(Br)cc1F. The lowest BCUT2D eigenvalue weighted by atomic mass is 10.1. The first-order valence-corrected chi connectivity index (χ1v) is 5.58. The Kier molecular flexibility index (Phi) is 4.74. The maximum absolute atomic E-state index is 13.4. The van der Waals surface area contributed by atoms with Crippen LogP contribution in [0.5, 0.6) is 0 Å². The zero-order valence-corrected chi connectivity index (χ0v) is 10.5. The maximum atomic E-state index is 13.4. The molecule has 1 aromatic carbocycles. The highest BCUT2D eigenvalue weighted by Gasteiger charge is 2.21. The molecule has 1 rings (SSSR count). The van der Waals surface area contributed by atoms with Gasteiger partial charge in [0.05, 0.1) is 12.2 Å². The Morgan fingerprint density at radius 1 is 1.29 bits per heavy atom. The van der Waals surface area contributed by atoms with Gasteiger partial charge in [-0.2, -0.15) is 0 Å². The second-order valence-electron chi connectivity index (χ2n) is 3.15. The van der Waals surface area contributed by atoms with Crippen LogP contribution in [-0.4, -0.2) is 18.4 Å². The van der Waals surface area contributed by atoms with Crippen molar-refractivity contribution < 1.29 is 23.1 Å². The van der Waals surface area contributed by atoms with Crippen molar-refractivity contribution in [2.75, 3.05) is 6.61 Å². The van der Waals surface area contributed by atoms with Crippen molar-refractivity contribution >= 4 is 27.7 Å². The molecular formula is C11H9BrF2O3. The van der Waals surface area contributed by atoms with Gasteiger partial charge in [-0.15, -0.1) is 0 Å². The van der Waals surface area contributed by atoms with Crippen LogP contribution in [0.15, 0.2) is 16.6 Å². The molecule has 0 fully saturated rings. The first-order chi connectivity index (χ1) is 7.95. The van der Waals surface area contributed by atoms with E-state index in [1.807, 2.05) is 0 Å². The summed E-state index contributed by atoms with van der Waals surface area (Å²) < 4.78 is 31.4. The van der Waals surface area contributed by atoms with Crippen molar-refractivity contribution in [3.63, 3.8) is 0 Å². The zero-order chi connectivity index (χ0) is 13.0. The van der Waals surface area contributed by atoms with E-state index < -0.39 is 35.4 Å². The van der Waals surface area contributed by atoms with Gasteiger partial charge in [-0.1, -0.05) is 15.9 Å². The number of esters is 1. The highest BCUT2D eigenvalue weighted by atomic mass is 79.9. The summed E-state index contributed by atoms with van der Waals surface area (Å²) in [6, 6.07) is 1.92. The molecule has 0 atom stereocenters. The topological polar surface area (TPSA) is 43.4 Å². The number of hydrogen-bond donors (Lipinski definition) is 0. The van der Waals surface area contributed by atoms with E-state index in [-0.39, 0.29) is 11.1 Å². The van der Waals surface area contributed by atoms with E-state index in [2.05, 4.69) is 20.7 Å². The zero-order valence-electron chi connectivity index (χ0n) is 8.93. The van der Waals surface area contributed by atoms with Crippen LogP contribution in [0.4, 0.5) is 8.78 Å². The molecular weight excluding hydrogens is 298 g/mol. The monoisotopic (exact) mass is 306 g/mol. The average molecular weight is 307 g/mol. The van der Waals surface area contributed by atoms with Gasteiger partial charge in [0.25, 0.3) is 0 Å². The Labute approximate surface area is 105 Å². The standard InChI is InChI=1S/C11H9BrF2O3/c1-2-17-10(16)5-9(15)11-7(13)3-6(12)4-8(11)14/h3-4H,2,5H2,1H3. The van der Waals surface area contributed by atoms with E-state index in [0.717, 1.165) is 12.1 Å². The molecule has 0 unspecified atom stereocenters. The summed E-state index contributed by atoms with van der Waals surface area (Å²) in [5.41, 5.74) is -0.721. The van der Waals surface area contributed by atoms with Gasteiger partial charge < -0.3 is 4.74 Å². The molecule has 0 radical (unpaired) electrons. The summed E-state index contributed by atoms with van der Waals surface area (Å²) in [6.45, 7) is 1.68. The largest absolute Gasteiger partial charge is 0.466 e. The third-order valence-corrected chi connectivity index (χ3v) is 2.35. The van der Waals surface area contributed by atoms with Crippen LogP contribution >= 0.6 is 15.9 Å². The molecule has 0 spiro atoms. The third kappa shape index (κ3) is 3.59. The molecule has 3 nitrogen and oxygen atoms in total. The lowest BCUT2D eigenvalue weighted by Crippen LogP contribution is -2.14.